The molecule has 8 heteroatoms. The Labute approximate surface area is 344 Å². The van der Waals surface area contributed by atoms with Gasteiger partial charge in [0.25, 0.3) is 0 Å². The van der Waals surface area contributed by atoms with Gasteiger partial charge in [-0.2, -0.15) is 0 Å². The normalized spacial score (nSPS) is 13.4. The summed E-state index contributed by atoms with van der Waals surface area (Å²) in [5, 5.41) is 9.62. The maximum absolute atomic E-state index is 12.7. The zero-order valence-electron chi connectivity index (χ0n) is 36.8. The smallest absolute Gasteiger partial charge is 0.362 e. The highest BCUT2D eigenvalue weighted by Crippen LogP contribution is 2.14. The fourth-order valence-corrected chi connectivity index (χ4v) is 6.43. The lowest BCUT2D eigenvalue weighted by Crippen LogP contribution is -2.50. The first-order valence-electron chi connectivity index (χ1n) is 22.7. The van der Waals surface area contributed by atoms with E-state index in [0.717, 1.165) is 32.1 Å². The van der Waals surface area contributed by atoms with E-state index in [2.05, 4.69) is 56.4 Å². The summed E-state index contributed by atoms with van der Waals surface area (Å²) in [5.41, 5.74) is 0. The molecule has 0 bridgehead atoms. The van der Waals surface area contributed by atoms with Gasteiger partial charge in [0.1, 0.15) is 6.61 Å². The monoisotopic (exact) mass is 789 g/mol. The number of rotatable bonds is 40. The van der Waals surface area contributed by atoms with Crippen LogP contribution in [0.25, 0.3) is 0 Å². The third kappa shape index (κ3) is 36.9. The zero-order chi connectivity index (χ0) is 41.4. The van der Waals surface area contributed by atoms with E-state index in [0.29, 0.717) is 19.3 Å². The number of carboxylic acids is 1. The minimum Gasteiger partial charge on any atom is -0.477 e. The van der Waals surface area contributed by atoms with Gasteiger partial charge in [0.2, 0.25) is 0 Å². The molecular formula is C48H86NO7+. The van der Waals surface area contributed by atoms with Crippen LogP contribution < -0.4 is 0 Å². The molecule has 0 aliphatic rings. The number of aliphatic carboxylic acids is 1. The van der Waals surface area contributed by atoms with Crippen molar-refractivity contribution >= 4 is 17.9 Å². The summed E-state index contributed by atoms with van der Waals surface area (Å²) in [5.74, 6) is -1.56. The lowest BCUT2D eigenvalue weighted by Gasteiger charge is -2.31. The molecule has 0 amide bonds. The van der Waals surface area contributed by atoms with Crippen molar-refractivity contribution in [3.8, 4) is 0 Å². The number of hydrogen-bond acceptors (Lipinski definition) is 6. The predicted octanol–water partition coefficient (Wildman–Crippen LogP) is 12.4. The summed E-state index contributed by atoms with van der Waals surface area (Å²) < 4.78 is 17.2. The van der Waals surface area contributed by atoms with Crippen molar-refractivity contribution < 1.29 is 38.2 Å². The molecule has 2 atom stereocenters. The summed E-state index contributed by atoms with van der Waals surface area (Å²) in [4.78, 5) is 36.9. The molecule has 0 saturated carbocycles. The van der Waals surface area contributed by atoms with Crippen LogP contribution >= 0.6 is 0 Å². The van der Waals surface area contributed by atoms with Crippen LogP contribution in [0.3, 0.4) is 0 Å². The molecular weight excluding hydrogens is 703 g/mol. The number of carboxylic acid groups (broad SMARTS) is 1. The van der Waals surface area contributed by atoms with E-state index in [9.17, 15) is 19.5 Å². The van der Waals surface area contributed by atoms with Crippen LogP contribution in [0.2, 0.25) is 0 Å². The highest BCUT2D eigenvalue weighted by Gasteiger charge is 2.31. The van der Waals surface area contributed by atoms with Gasteiger partial charge in [0.15, 0.2) is 12.1 Å². The van der Waals surface area contributed by atoms with Gasteiger partial charge >= 0.3 is 17.9 Å². The molecule has 0 aromatic rings. The first-order chi connectivity index (χ1) is 27.1. The molecule has 0 aliphatic carbocycles. The first-order valence-corrected chi connectivity index (χ1v) is 22.7. The van der Waals surface area contributed by atoms with Crippen LogP contribution in [0.1, 0.15) is 187 Å². The number of nitrogens with zero attached hydrogens (tertiary/aromatic N) is 1. The van der Waals surface area contributed by atoms with Crippen molar-refractivity contribution in [2.45, 2.75) is 199 Å². The van der Waals surface area contributed by atoms with E-state index >= 15 is 0 Å². The second-order valence-electron chi connectivity index (χ2n) is 16.3. The van der Waals surface area contributed by atoms with Crippen LogP contribution in [-0.2, 0) is 28.6 Å². The first kappa shape index (κ1) is 53.3. The molecule has 0 fully saturated rings. The molecule has 324 valence electrons. The maximum atomic E-state index is 12.7. The number of allylic oxidation sites excluding steroid dienone is 8. The van der Waals surface area contributed by atoms with Crippen molar-refractivity contribution in [2.75, 3.05) is 41.0 Å². The van der Waals surface area contributed by atoms with Gasteiger partial charge in [-0.05, 0) is 57.8 Å². The standard InChI is InChI=1S/C48H85NO7/c1-6-8-10-12-14-16-18-20-21-22-23-24-25-27-29-31-33-35-37-39-47(51)56-44(42-54-41-40-45(48(52)53)49(3,4)5)43-55-46(50)38-36-34-32-30-28-26-19-17-15-13-11-9-7-2/h14,16,18,20,26,28,32,34,44-45H,6-13,15,17,19,21-25,27,29-31,33,35-43H2,1-5H3/p+1/b16-14+,20-18+,28-26+,34-32+. The maximum Gasteiger partial charge on any atom is 0.362 e. The topological polar surface area (TPSA) is 99.1 Å². The van der Waals surface area contributed by atoms with E-state index in [-0.39, 0.29) is 42.7 Å². The summed E-state index contributed by atoms with van der Waals surface area (Å²) in [7, 11) is 5.51. The Hall–Kier alpha value is -2.71. The number of hydrogen-bond donors (Lipinski definition) is 1. The van der Waals surface area contributed by atoms with Crippen molar-refractivity contribution in [3.63, 3.8) is 0 Å². The van der Waals surface area contributed by atoms with Crippen LogP contribution in [0.4, 0.5) is 0 Å². The Balaban J connectivity index is 4.37. The van der Waals surface area contributed by atoms with E-state index in [1.165, 1.54) is 116 Å². The molecule has 0 aromatic carbocycles. The average molecular weight is 789 g/mol. The van der Waals surface area contributed by atoms with Crippen molar-refractivity contribution in [1.29, 1.82) is 0 Å². The molecule has 0 rings (SSSR count). The van der Waals surface area contributed by atoms with E-state index in [1.54, 1.807) is 0 Å². The quantitative estimate of drug-likeness (QED) is 0.0217. The summed E-state index contributed by atoms with van der Waals surface area (Å²) in [6.07, 6.45) is 45.9. The summed E-state index contributed by atoms with van der Waals surface area (Å²) in [6.45, 7) is 4.63. The molecule has 0 heterocycles. The predicted molar refractivity (Wildman–Crippen MR) is 234 cm³/mol. The molecule has 56 heavy (non-hydrogen) atoms. The second-order valence-corrected chi connectivity index (χ2v) is 16.3. The average Bonchev–Trinajstić information content (AvgIpc) is 3.15. The van der Waals surface area contributed by atoms with Crippen LogP contribution in [0.15, 0.2) is 48.6 Å². The number of likely N-dealkylation sites (N-methyl/N-ethyl adjacent to an activating group) is 1. The van der Waals surface area contributed by atoms with Gasteiger partial charge in [0.05, 0.1) is 34.4 Å². The third-order valence-corrected chi connectivity index (χ3v) is 9.99. The van der Waals surface area contributed by atoms with Crippen LogP contribution in [-0.4, -0.2) is 80.6 Å². The van der Waals surface area contributed by atoms with E-state index in [1.807, 2.05) is 27.2 Å². The lowest BCUT2D eigenvalue weighted by atomic mass is 10.1. The second kappa shape index (κ2) is 39.1. The highest BCUT2D eigenvalue weighted by atomic mass is 16.6. The Morgan fingerprint density at radius 2 is 1.04 bits per heavy atom. The largest absolute Gasteiger partial charge is 0.477 e. The van der Waals surface area contributed by atoms with E-state index in [4.69, 9.17) is 14.2 Å². The minimum atomic E-state index is -0.883. The zero-order valence-corrected chi connectivity index (χ0v) is 36.8. The van der Waals surface area contributed by atoms with Gasteiger partial charge in [-0.1, -0.05) is 159 Å². The molecule has 0 aromatic heterocycles. The number of quaternary nitrogens is 1. The molecule has 0 saturated heterocycles. The fraction of sp³-hybridized carbons (Fsp3) is 0.771. The number of ether oxygens (including phenoxy) is 3. The van der Waals surface area contributed by atoms with Crippen molar-refractivity contribution in [1.82, 2.24) is 0 Å². The number of carbonyl (C=O) groups excluding carboxylic acids is 2. The van der Waals surface area contributed by atoms with E-state index < -0.39 is 18.1 Å². The SMILES string of the molecule is CCCCC/C=C/C=C/CCCCCCCCCCCCC(=O)OC(COCCC(C(=O)O)[N+](C)(C)C)COC(=O)CC/C=C/C/C=C/CCCCCCCC. The number of unbranched alkanes of at least 4 members (excludes halogenated alkanes) is 19. The molecule has 0 aliphatic heterocycles. The Kier molecular flexibility index (Phi) is 37.2. The van der Waals surface area contributed by atoms with Crippen molar-refractivity contribution in [2.24, 2.45) is 0 Å². The Bertz CT molecular complexity index is 1060. The van der Waals surface area contributed by atoms with Gasteiger partial charge in [-0.15, -0.1) is 0 Å². The van der Waals surface area contributed by atoms with Gasteiger partial charge in [-0.3, -0.25) is 9.59 Å². The van der Waals surface area contributed by atoms with Crippen LogP contribution in [0, 0.1) is 0 Å². The number of carbonyl (C=O) groups is 3. The Morgan fingerprint density at radius 1 is 0.554 bits per heavy atom. The van der Waals surface area contributed by atoms with Crippen molar-refractivity contribution in [3.05, 3.63) is 48.6 Å². The fourth-order valence-electron chi connectivity index (χ4n) is 6.43. The van der Waals surface area contributed by atoms with Gasteiger partial charge < -0.3 is 23.8 Å². The number of esters is 2. The molecule has 0 radical (unpaired) electrons. The molecule has 2 unspecified atom stereocenters. The molecule has 8 nitrogen and oxygen atoms in total. The summed E-state index contributed by atoms with van der Waals surface area (Å²) >= 11 is 0. The highest BCUT2D eigenvalue weighted by molar-refractivity contribution is 5.72. The van der Waals surface area contributed by atoms with Crippen LogP contribution in [0.5, 0.6) is 0 Å². The molecule has 1 N–H and O–H groups in total. The third-order valence-electron chi connectivity index (χ3n) is 9.99. The summed E-state index contributed by atoms with van der Waals surface area (Å²) in [6, 6.07) is -0.622. The van der Waals surface area contributed by atoms with Gasteiger partial charge in [-0.25, -0.2) is 4.79 Å². The lowest BCUT2D eigenvalue weighted by molar-refractivity contribution is -0.887. The Morgan fingerprint density at radius 3 is 1.59 bits per heavy atom. The van der Waals surface area contributed by atoms with Gasteiger partial charge in [0, 0.05) is 19.3 Å². The molecule has 0 spiro atoms. The minimum absolute atomic E-state index is 0.0424.